The van der Waals surface area contributed by atoms with Crippen LogP contribution >= 0.6 is 11.6 Å². The van der Waals surface area contributed by atoms with Crippen molar-refractivity contribution in [1.29, 1.82) is 0 Å². The number of carbonyl (C=O) groups excluding carboxylic acids is 3. The normalized spacial score (nSPS) is 18.2. The number of aromatic nitrogens is 1. The summed E-state index contributed by atoms with van der Waals surface area (Å²) >= 11 is 6.16. The average Bonchev–Trinajstić information content (AvgIpc) is 3.03. The molecule has 0 aliphatic carbocycles. The number of hydrogen-bond donors (Lipinski definition) is 3. The Labute approximate surface area is 238 Å². The van der Waals surface area contributed by atoms with E-state index in [9.17, 15) is 19.5 Å². The van der Waals surface area contributed by atoms with Gasteiger partial charge in [-0.15, -0.1) is 0 Å². The highest BCUT2D eigenvalue weighted by Gasteiger charge is 2.36. The maximum atomic E-state index is 13.8. The number of halogens is 1. The molecule has 0 spiro atoms. The van der Waals surface area contributed by atoms with Crippen LogP contribution in [0.3, 0.4) is 0 Å². The van der Waals surface area contributed by atoms with Crippen molar-refractivity contribution in [2.24, 2.45) is 0 Å². The SMILES string of the molecule is Cc1ccc(NC(=O)c2ccc(CN3C(=O)c4ccc(Cl)cc4NC(=O)[C@H]3CCN3CCC(O)CC3)cc2)nc1. The van der Waals surface area contributed by atoms with Crippen LogP contribution in [0.1, 0.15) is 51.1 Å². The molecule has 1 aromatic heterocycles. The van der Waals surface area contributed by atoms with Crippen molar-refractivity contribution in [3.05, 3.63) is 88.1 Å². The molecule has 2 aliphatic rings. The number of hydrogen-bond acceptors (Lipinski definition) is 6. The van der Waals surface area contributed by atoms with Gasteiger partial charge >= 0.3 is 0 Å². The van der Waals surface area contributed by atoms with E-state index < -0.39 is 6.04 Å². The van der Waals surface area contributed by atoms with Crippen molar-refractivity contribution in [2.45, 2.75) is 44.9 Å². The van der Waals surface area contributed by atoms with Crippen molar-refractivity contribution in [3.63, 3.8) is 0 Å². The smallest absolute Gasteiger partial charge is 0.256 e. The largest absolute Gasteiger partial charge is 0.393 e. The molecule has 10 heteroatoms. The molecule has 2 aliphatic heterocycles. The molecule has 9 nitrogen and oxygen atoms in total. The minimum Gasteiger partial charge on any atom is -0.393 e. The van der Waals surface area contributed by atoms with E-state index >= 15 is 0 Å². The highest BCUT2D eigenvalue weighted by atomic mass is 35.5. The lowest BCUT2D eigenvalue weighted by molar-refractivity contribution is -0.121. The standard InChI is InChI=1S/C30H32ClN5O4/c1-19-2-9-27(32-17-19)34-28(38)21-5-3-20(4-6-21)18-36-26(12-15-35-13-10-23(37)11-14-35)29(39)33-25-16-22(31)7-8-24(25)30(36)40/h2-9,16-17,23,26,37H,10-15,18H2,1H3,(H,33,39)(H,32,34,38)/t26-/m1/s1. The third kappa shape index (κ3) is 6.50. The summed E-state index contributed by atoms with van der Waals surface area (Å²) in [4.78, 5) is 47.9. The van der Waals surface area contributed by atoms with Gasteiger partial charge in [0.15, 0.2) is 0 Å². The zero-order valence-electron chi connectivity index (χ0n) is 22.3. The van der Waals surface area contributed by atoms with E-state index in [-0.39, 0.29) is 30.4 Å². The minimum absolute atomic E-state index is 0.194. The summed E-state index contributed by atoms with van der Waals surface area (Å²) in [6.45, 7) is 4.24. The number of anilines is 2. The number of piperidine rings is 1. The van der Waals surface area contributed by atoms with Crippen molar-refractivity contribution in [2.75, 3.05) is 30.3 Å². The molecule has 1 atom stereocenters. The average molecular weight is 562 g/mol. The molecule has 208 valence electrons. The van der Waals surface area contributed by atoms with Gasteiger partial charge < -0.3 is 25.5 Å². The number of carbonyl (C=O) groups is 3. The second-order valence-electron chi connectivity index (χ2n) is 10.4. The number of nitrogens with one attached hydrogen (secondary N) is 2. The van der Waals surface area contributed by atoms with E-state index in [4.69, 9.17) is 11.6 Å². The number of amides is 3. The van der Waals surface area contributed by atoms with Crippen LogP contribution in [-0.4, -0.2) is 69.4 Å². The fourth-order valence-electron chi connectivity index (χ4n) is 5.07. The quantitative estimate of drug-likeness (QED) is 0.400. The van der Waals surface area contributed by atoms with Crippen LogP contribution in [0, 0.1) is 6.92 Å². The summed E-state index contributed by atoms with van der Waals surface area (Å²) in [7, 11) is 0. The van der Waals surface area contributed by atoms with Crippen LogP contribution in [0.15, 0.2) is 60.8 Å². The Morgan fingerprint density at radius 2 is 1.85 bits per heavy atom. The Morgan fingerprint density at radius 1 is 1.10 bits per heavy atom. The molecule has 3 N–H and O–H groups in total. The molecule has 2 aromatic carbocycles. The van der Waals surface area contributed by atoms with Gasteiger partial charge in [0.2, 0.25) is 5.91 Å². The van der Waals surface area contributed by atoms with Gasteiger partial charge in [-0.2, -0.15) is 0 Å². The molecule has 3 amide bonds. The van der Waals surface area contributed by atoms with E-state index in [2.05, 4.69) is 20.5 Å². The second kappa shape index (κ2) is 12.2. The summed E-state index contributed by atoms with van der Waals surface area (Å²) in [5.74, 6) is -0.363. The second-order valence-corrected chi connectivity index (χ2v) is 10.8. The number of fused-ring (bicyclic) bond motifs is 1. The fraction of sp³-hybridized carbons (Fsp3) is 0.333. The molecule has 5 rings (SSSR count). The Kier molecular flexibility index (Phi) is 8.44. The van der Waals surface area contributed by atoms with Crippen LogP contribution < -0.4 is 10.6 Å². The maximum absolute atomic E-state index is 13.8. The first-order valence-electron chi connectivity index (χ1n) is 13.4. The number of aliphatic hydroxyl groups excluding tert-OH is 1. The lowest BCUT2D eigenvalue weighted by Crippen LogP contribution is -2.47. The molecule has 1 saturated heterocycles. The first kappa shape index (κ1) is 27.8. The van der Waals surface area contributed by atoms with Crippen molar-refractivity contribution in [1.82, 2.24) is 14.8 Å². The summed E-state index contributed by atoms with van der Waals surface area (Å²) in [5, 5.41) is 16.0. The Hall–Kier alpha value is -3.79. The van der Waals surface area contributed by atoms with Gasteiger partial charge in [-0.1, -0.05) is 29.8 Å². The number of nitrogens with zero attached hydrogens (tertiary/aromatic N) is 3. The molecule has 0 radical (unpaired) electrons. The first-order valence-corrected chi connectivity index (χ1v) is 13.8. The summed E-state index contributed by atoms with van der Waals surface area (Å²) in [6, 6.07) is 14.7. The summed E-state index contributed by atoms with van der Waals surface area (Å²) < 4.78 is 0. The maximum Gasteiger partial charge on any atom is 0.256 e. The molecular formula is C30H32ClN5O4. The van der Waals surface area contributed by atoms with Gasteiger partial charge in [0.1, 0.15) is 11.9 Å². The van der Waals surface area contributed by atoms with Gasteiger partial charge in [0.25, 0.3) is 11.8 Å². The Bertz CT molecular complexity index is 1390. The van der Waals surface area contributed by atoms with Gasteiger partial charge in [-0.3, -0.25) is 14.4 Å². The number of aryl methyl sites for hydroxylation is 1. The number of pyridine rings is 1. The highest BCUT2D eigenvalue weighted by molar-refractivity contribution is 6.31. The fourth-order valence-corrected chi connectivity index (χ4v) is 5.24. The van der Waals surface area contributed by atoms with Gasteiger partial charge in [-0.25, -0.2) is 4.98 Å². The molecule has 1 fully saturated rings. The molecular weight excluding hydrogens is 530 g/mol. The van der Waals surface area contributed by atoms with E-state index in [1.165, 1.54) is 0 Å². The highest BCUT2D eigenvalue weighted by Crippen LogP contribution is 2.29. The molecule has 0 unspecified atom stereocenters. The van der Waals surface area contributed by atoms with E-state index in [1.807, 2.05) is 13.0 Å². The predicted octanol–water partition coefficient (Wildman–Crippen LogP) is 4.11. The zero-order chi connectivity index (χ0) is 28.2. The minimum atomic E-state index is -0.707. The molecule has 0 bridgehead atoms. The van der Waals surface area contributed by atoms with Crippen LogP contribution in [-0.2, 0) is 11.3 Å². The monoisotopic (exact) mass is 561 g/mol. The van der Waals surface area contributed by atoms with Crippen LogP contribution in [0.2, 0.25) is 5.02 Å². The molecule has 3 heterocycles. The van der Waals surface area contributed by atoms with Gasteiger partial charge in [-0.05, 0) is 73.7 Å². The summed E-state index contributed by atoms with van der Waals surface area (Å²) in [6.07, 6.45) is 3.24. The topological polar surface area (TPSA) is 115 Å². The summed E-state index contributed by atoms with van der Waals surface area (Å²) in [5.41, 5.74) is 3.01. The van der Waals surface area contributed by atoms with Gasteiger partial charge in [0, 0.05) is 43.0 Å². The molecule has 0 saturated carbocycles. The molecule has 40 heavy (non-hydrogen) atoms. The lowest BCUT2D eigenvalue weighted by Gasteiger charge is -2.33. The third-order valence-corrected chi connectivity index (χ3v) is 7.64. The van der Waals surface area contributed by atoms with Gasteiger partial charge in [0.05, 0.1) is 17.4 Å². The zero-order valence-corrected chi connectivity index (χ0v) is 23.0. The van der Waals surface area contributed by atoms with Crippen molar-refractivity contribution in [3.8, 4) is 0 Å². The Balaban J connectivity index is 1.34. The van der Waals surface area contributed by atoms with Crippen molar-refractivity contribution < 1.29 is 19.5 Å². The van der Waals surface area contributed by atoms with E-state index in [1.54, 1.807) is 59.6 Å². The van der Waals surface area contributed by atoms with E-state index in [0.29, 0.717) is 53.5 Å². The third-order valence-electron chi connectivity index (χ3n) is 7.41. The Morgan fingerprint density at radius 3 is 2.55 bits per heavy atom. The number of rotatable bonds is 7. The van der Waals surface area contributed by atoms with Crippen molar-refractivity contribution >= 4 is 40.8 Å². The number of aliphatic hydroxyl groups is 1. The number of likely N-dealkylation sites (tertiary alicyclic amines) is 1. The van der Waals surface area contributed by atoms with Crippen LogP contribution in [0.5, 0.6) is 0 Å². The lowest BCUT2D eigenvalue weighted by atomic mass is 10.0. The number of benzene rings is 2. The predicted molar refractivity (Wildman–Crippen MR) is 153 cm³/mol. The van der Waals surface area contributed by atoms with Crippen LogP contribution in [0.4, 0.5) is 11.5 Å². The van der Waals surface area contributed by atoms with E-state index in [0.717, 1.165) is 24.2 Å². The first-order chi connectivity index (χ1) is 19.3. The molecule has 3 aromatic rings. The van der Waals surface area contributed by atoms with Crippen LogP contribution in [0.25, 0.3) is 0 Å².